The molecule has 2 aliphatic rings. The van der Waals surface area contributed by atoms with Gasteiger partial charge in [-0.05, 0) is 41.2 Å². The zero-order valence-corrected chi connectivity index (χ0v) is 17.5. The van der Waals surface area contributed by atoms with E-state index in [9.17, 15) is 0 Å². The molecule has 0 amide bonds. The molecule has 2 atom stereocenters. The first kappa shape index (κ1) is 17.4. The van der Waals surface area contributed by atoms with Crippen LogP contribution in [0.1, 0.15) is 45.7 Å². The molecule has 140 valence electrons. The smallest absolute Gasteiger partial charge is 0.187 e. The minimum absolute atomic E-state index is 0.00990. The fraction of sp³-hybridized carbons (Fsp3) is 0.296. The van der Waals surface area contributed by atoms with Crippen LogP contribution >= 0.6 is 0 Å². The lowest BCUT2D eigenvalue weighted by Gasteiger charge is -2.24. The van der Waals surface area contributed by atoms with Gasteiger partial charge in [-0.25, -0.2) is 0 Å². The number of nitrogens with zero attached hydrogens (tertiary/aromatic N) is 1. The van der Waals surface area contributed by atoms with Crippen molar-refractivity contribution >= 4 is 0 Å². The molecule has 1 aliphatic carbocycles. The molecule has 2 aromatic carbocycles. The monoisotopic (exact) mass is 366 g/mol. The molecule has 1 saturated carbocycles. The van der Waals surface area contributed by atoms with E-state index in [1.54, 1.807) is 0 Å². The third-order valence-electron chi connectivity index (χ3n) is 7.36. The van der Waals surface area contributed by atoms with Gasteiger partial charge in [-0.2, -0.15) is 4.57 Å². The zero-order chi connectivity index (χ0) is 19.9. The average molecular weight is 367 g/mol. The molecule has 0 saturated heterocycles. The van der Waals surface area contributed by atoms with Gasteiger partial charge in [0.05, 0.1) is 11.0 Å². The lowest BCUT2D eigenvalue weighted by molar-refractivity contribution is -0.726. The molecule has 1 aliphatic heterocycles. The summed E-state index contributed by atoms with van der Waals surface area (Å²) in [6.07, 6.45) is 2.33. The summed E-state index contributed by atoms with van der Waals surface area (Å²) in [5, 5.41) is 0. The highest BCUT2D eigenvalue weighted by molar-refractivity contribution is 5.74. The molecule has 1 nitrogen and oxygen atoms in total. The molecule has 1 fully saturated rings. The number of aromatic nitrogens is 1. The summed E-state index contributed by atoms with van der Waals surface area (Å²) in [6, 6.07) is 22.4. The summed E-state index contributed by atoms with van der Waals surface area (Å²) in [5.41, 5.74) is 9.33. The molecule has 0 N–H and O–H groups in total. The van der Waals surface area contributed by atoms with E-state index in [1.165, 1.54) is 39.1 Å². The molecule has 3 aromatic rings. The van der Waals surface area contributed by atoms with Gasteiger partial charge in [-0.3, -0.25) is 0 Å². The Morgan fingerprint density at radius 1 is 0.821 bits per heavy atom. The number of fused-ring (bicyclic) bond motifs is 6. The van der Waals surface area contributed by atoms with E-state index in [4.69, 9.17) is 0 Å². The standard InChI is InChI=1S/C27H28N/c1-18-26(5)23-10-8-7-9-22(23)24-16-13-20(17-28(24)27(18,26)6)19-11-14-21(15-12-19)25(2,3)4/h7-17H,1H2,2-6H3/q+1. The average Bonchev–Trinajstić information content (AvgIpc) is 3.16. The topological polar surface area (TPSA) is 3.88 Å². The van der Waals surface area contributed by atoms with E-state index in [1.807, 2.05) is 0 Å². The Labute approximate surface area is 168 Å². The van der Waals surface area contributed by atoms with E-state index in [0.29, 0.717) is 0 Å². The number of rotatable bonds is 1. The summed E-state index contributed by atoms with van der Waals surface area (Å²) in [7, 11) is 0. The van der Waals surface area contributed by atoms with Crippen molar-refractivity contribution in [3.05, 3.63) is 90.1 Å². The molecule has 2 unspecified atom stereocenters. The summed E-state index contributed by atoms with van der Waals surface area (Å²) in [4.78, 5) is 0. The first-order valence-corrected chi connectivity index (χ1v) is 10.2. The number of pyridine rings is 1. The minimum Gasteiger partial charge on any atom is -0.187 e. The van der Waals surface area contributed by atoms with Crippen molar-refractivity contribution in [3.8, 4) is 22.4 Å². The van der Waals surface area contributed by atoms with Crippen LogP contribution in [0.5, 0.6) is 0 Å². The van der Waals surface area contributed by atoms with Gasteiger partial charge in [-0.1, -0.05) is 69.8 Å². The van der Waals surface area contributed by atoms with Gasteiger partial charge in [0.1, 0.15) is 0 Å². The van der Waals surface area contributed by atoms with Crippen LogP contribution in [0, 0.1) is 0 Å². The van der Waals surface area contributed by atoms with Crippen LogP contribution in [-0.2, 0) is 16.4 Å². The molecule has 0 bridgehead atoms. The Kier molecular flexibility index (Phi) is 3.25. The first-order chi connectivity index (χ1) is 13.2. The van der Waals surface area contributed by atoms with Crippen molar-refractivity contribution in [2.45, 2.75) is 51.0 Å². The van der Waals surface area contributed by atoms with Crippen molar-refractivity contribution < 1.29 is 4.57 Å². The lowest BCUT2D eigenvalue weighted by Crippen LogP contribution is -2.52. The Morgan fingerprint density at radius 2 is 1.46 bits per heavy atom. The van der Waals surface area contributed by atoms with Crippen LogP contribution in [0.15, 0.2) is 79.0 Å². The zero-order valence-electron chi connectivity index (χ0n) is 17.5. The SMILES string of the molecule is C=C1C2(C)c3ccccc3-c3ccc(-c4ccc(C(C)(C)C)cc4)c[n+]3C12C. The van der Waals surface area contributed by atoms with Crippen molar-refractivity contribution in [1.82, 2.24) is 0 Å². The highest BCUT2D eigenvalue weighted by Gasteiger charge is 2.77. The molecule has 28 heavy (non-hydrogen) atoms. The van der Waals surface area contributed by atoms with Crippen molar-refractivity contribution in [1.29, 1.82) is 0 Å². The molecule has 1 aromatic heterocycles. The number of allylic oxidation sites excluding steroid dienone is 1. The van der Waals surface area contributed by atoms with E-state index in [2.05, 4.69) is 113 Å². The Balaban J connectivity index is 1.67. The predicted octanol–water partition coefficient (Wildman–Crippen LogP) is 6.16. The van der Waals surface area contributed by atoms with Crippen LogP contribution in [0.2, 0.25) is 0 Å². The third-order valence-corrected chi connectivity index (χ3v) is 7.36. The quantitative estimate of drug-likeness (QED) is 0.358. The highest BCUT2D eigenvalue weighted by atomic mass is 15.2. The maximum Gasteiger partial charge on any atom is 0.213 e. The van der Waals surface area contributed by atoms with Crippen LogP contribution in [0.25, 0.3) is 22.4 Å². The van der Waals surface area contributed by atoms with Crippen molar-refractivity contribution in [2.75, 3.05) is 0 Å². The van der Waals surface area contributed by atoms with Crippen LogP contribution < -0.4 is 4.57 Å². The van der Waals surface area contributed by atoms with Gasteiger partial charge in [0.2, 0.25) is 11.2 Å². The second-order valence-electron chi connectivity index (χ2n) is 9.72. The van der Waals surface area contributed by atoms with Crippen molar-refractivity contribution in [3.63, 3.8) is 0 Å². The number of benzene rings is 2. The van der Waals surface area contributed by atoms with Crippen molar-refractivity contribution in [2.24, 2.45) is 0 Å². The Morgan fingerprint density at radius 3 is 2.14 bits per heavy atom. The highest BCUT2D eigenvalue weighted by Crippen LogP contribution is 2.67. The van der Waals surface area contributed by atoms with Gasteiger partial charge < -0.3 is 0 Å². The van der Waals surface area contributed by atoms with E-state index < -0.39 is 0 Å². The van der Waals surface area contributed by atoms with E-state index in [0.717, 1.165) is 0 Å². The molecule has 1 heteroatoms. The number of hydrogen-bond donors (Lipinski definition) is 0. The molecule has 2 heterocycles. The molecule has 5 rings (SSSR count). The summed E-state index contributed by atoms with van der Waals surface area (Å²) < 4.78 is 2.46. The van der Waals surface area contributed by atoms with Gasteiger partial charge in [-0.15, -0.1) is 0 Å². The minimum atomic E-state index is -0.0575. The summed E-state index contributed by atoms with van der Waals surface area (Å²) in [5.74, 6) is 0. The van der Waals surface area contributed by atoms with Crippen LogP contribution in [-0.4, -0.2) is 0 Å². The fourth-order valence-corrected chi connectivity index (χ4v) is 5.14. The fourth-order valence-electron chi connectivity index (χ4n) is 5.14. The number of hydrogen-bond acceptors (Lipinski definition) is 0. The molecular weight excluding hydrogens is 338 g/mol. The van der Waals surface area contributed by atoms with Gasteiger partial charge in [0.15, 0.2) is 6.20 Å². The second-order valence-corrected chi connectivity index (χ2v) is 9.72. The van der Waals surface area contributed by atoms with Gasteiger partial charge in [0.25, 0.3) is 0 Å². The Hall–Kier alpha value is -2.67. The largest absolute Gasteiger partial charge is 0.213 e. The second kappa shape index (κ2) is 5.23. The summed E-state index contributed by atoms with van der Waals surface area (Å²) in [6.45, 7) is 15.9. The van der Waals surface area contributed by atoms with E-state index >= 15 is 0 Å². The molecular formula is C27H28N+. The third kappa shape index (κ3) is 2.00. The van der Waals surface area contributed by atoms with Crippen LogP contribution in [0.4, 0.5) is 0 Å². The van der Waals surface area contributed by atoms with Gasteiger partial charge >= 0.3 is 0 Å². The summed E-state index contributed by atoms with van der Waals surface area (Å²) >= 11 is 0. The molecule has 0 spiro atoms. The molecule has 0 radical (unpaired) electrons. The van der Waals surface area contributed by atoms with E-state index in [-0.39, 0.29) is 16.4 Å². The Bertz CT molecular complexity index is 1130. The van der Waals surface area contributed by atoms with Gasteiger partial charge in [0, 0.05) is 24.1 Å². The maximum absolute atomic E-state index is 4.47. The van der Waals surface area contributed by atoms with Crippen LogP contribution in [0.3, 0.4) is 0 Å². The normalized spacial score (nSPS) is 25.0. The predicted molar refractivity (Wildman–Crippen MR) is 116 cm³/mol. The lowest BCUT2D eigenvalue weighted by atomic mass is 9.83. The maximum atomic E-state index is 4.47. The first-order valence-electron chi connectivity index (χ1n) is 10.2.